The Morgan fingerprint density at radius 1 is 1.57 bits per heavy atom. The fourth-order valence-corrected chi connectivity index (χ4v) is 1.72. The number of carbonyl (C=O) groups is 1. The summed E-state index contributed by atoms with van der Waals surface area (Å²) in [5.41, 5.74) is -0.633. The van der Waals surface area contributed by atoms with Gasteiger partial charge in [-0.3, -0.25) is 9.36 Å². The third kappa shape index (κ3) is 6.83. The summed E-state index contributed by atoms with van der Waals surface area (Å²) in [4.78, 5) is 28.2. The third-order valence-electron chi connectivity index (χ3n) is 1.68. The molecule has 0 atom stereocenters. The lowest BCUT2D eigenvalue weighted by Gasteiger charge is -2.25. The zero-order valence-corrected chi connectivity index (χ0v) is 9.25. The van der Waals surface area contributed by atoms with Gasteiger partial charge < -0.3 is 15.1 Å². The van der Waals surface area contributed by atoms with Crippen LogP contribution in [0.25, 0.3) is 0 Å². The van der Waals surface area contributed by atoms with E-state index in [9.17, 15) is 9.36 Å². The molecule has 0 saturated heterocycles. The van der Waals surface area contributed by atoms with Crippen molar-refractivity contribution < 1.29 is 19.1 Å². The van der Waals surface area contributed by atoms with Gasteiger partial charge in [0, 0.05) is 5.54 Å². The van der Waals surface area contributed by atoms with Gasteiger partial charge in [-0.05, 0) is 26.3 Å². The van der Waals surface area contributed by atoms with Crippen molar-refractivity contribution in [1.29, 1.82) is 0 Å². The molecule has 0 aromatic heterocycles. The number of rotatable bonds is 5. The van der Waals surface area contributed by atoms with E-state index in [1.54, 1.807) is 13.8 Å². The molecular weight excluding hydrogens is 205 g/mol. The number of carbonyl (C=O) groups excluding carboxylic acids is 1. The van der Waals surface area contributed by atoms with Gasteiger partial charge in [0.25, 0.3) is 0 Å². The van der Waals surface area contributed by atoms with E-state index in [0.717, 1.165) is 6.08 Å². The van der Waals surface area contributed by atoms with Crippen LogP contribution in [0, 0.1) is 0 Å². The van der Waals surface area contributed by atoms with E-state index in [4.69, 9.17) is 9.79 Å². The molecule has 0 spiro atoms. The predicted octanol–water partition coefficient (Wildman–Crippen LogP) is 0.635. The van der Waals surface area contributed by atoms with Gasteiger partial charge in [0.1, 0.15) is 0 Å². The molecule has 0 bridgehead atoms. The van der Waals surface area contributed by atoms with Crippen LogP contribution < -0.4 is 5.32 Å². The molecule has 0 aliphatic carbocycles. The molecule has 0 heterocycles. The maximum absolute atomic E-state index is 10.9. The van der Waals surface area contributed by atoms with Crippen LogP contribution in [0.2, 0.25) is 0 Å². The highest BCUT2D eigenvalue weighted by atomic mass is 31.2. The molecule has 0 rings (SSSR count). The lowest BCUT2D eigenvalue weighted by atomic mass is 10.0. The second-order valence-electron chi connectivity index (χ2n) is 3.72. The Balaban J connectivity index is 4.14. The summed E-state index contributed by atoms with van der Waals surface area (Å²) in [5.74, 6) is -0.347. The quantitative estimate of drug-likeness (QED) is 0.469. The van der Waals surface area contributed by atoms with Gasteiger partial charge in [0.05, 0.1) is 6.16 Å². The van der Waals surface area contributed by atoms with Crippen molar-refractivity contribution in [3.05, 3.63) is 12.7 Å². The van der Waals surface area contributed by atoms with Crippen LogP contribution in [0.1, 0.15) is 20.3 Å². The van der Waals surface area contributed by atoms with E-state index in [1.807, 2.05) is 0 Å². The number of amides is 1. The first kappa shape index (κ1) is 13.4. The van der Waals surface area contributed by atoms with Crippen molar-refractivity contribution in [2.45, 2.75) is 25.8 Å². The Labute approximate surface area is 83.4 Å². The zero-order chi connectivity index (χ0) is 11.4. The first-order chi connectivity index (χ1) is 6.16. The van der Waals surface area contributed by atoms with Crippen molar-refractivity contribution in [3.63, 3.8) is 0 Å². The molecular formula is C8H16NO4P. The normalized spacial score (nSPS) is 12.3. The van der Waals surface area contributed by atoms with Crippen molar-refractivity contribution in [2.24, 2.45) is 0 Å². The largest absolute Gasteiger partial charge is 0.348 e. The van der Waals surface area contributed by atoms with Crippen molar-refractivity contribution in [1.82, 2.24) is 5.32 Å². The maximum atomic E-state index is 10.9. The maximum Gasteiger partial charge on any atom is 0.325 e. The van der Waals surface area contributed by atoms with Crippen LogP contribution in [0.4, 0.5) is 0 Å². The Hall–Kier alpha value is -0.640. The Bertz CT molecular complexity index is 269. The van der Waals surface area contributed by atoms with E-state index in [2.05, 4.69) is 11.9 Å². The summed E-state index contributed by atoms with van der Waals surface area (Å²) in [6, 6.07) is 0. The fraction of sp³-hybridized carbons (Fsp3) is 0.625. The lowest BCUT2D eigenvalue weighted by Crippen LogP contribution is -2.43. The molecule has 3 N–H and O–H groups in total. The highest BCUT2D eigenvalue weighted by Crippen LogP contribution is 2.36. The Morgan fingerprint density at radius 2 is 2.07 bits per heavy atom. The van der Waals surface area contributed by atoms with Gasteiger partial charge in [-0.25, -0.2) is 0 Å². The molecule has 0 aromatic carbocycles. The summed E-state index contributed by atoms with van der Waals surface area (Å²) in [6.45, 7) is 6.69. The van der Waals surface area contributed by atoms with E-state index in [0.29, 0.717) is 0 Å². The molecule has 0 fully saturated rings. The second-order valence-corrected chi connectivity index (χ2v) is 5.49. The molecule has 6 heteroatoms. The standard InChI is InChI=1S/C8H16NO4P/c1-4-7(10)9-8(2,3)5-6-14(11,12)13/h4H,1,5-6H2,2-3H3,(H,9,10)(H2,11,12,13). The molecule has 1 amide bonds. The second kappa shape index (κ2) is 4.73. The lowest BCUT2D eigenvalue weighted by molar-refractivity contribution is -0.118. The average Bonchev–Trinajstić information content (AvgIpc) is 1.99. The first-order valence-electron chi connectivity index (χ1n) is 4.15. The molecule has 0 aromatic rings. The van der Waals surface area contributed by atoms with Gasteiger partial charge in [0.2, 0.25) is 5.91 Å². The third-order valence-corrected chi connectivity index (χ3v) is 2.48. The molecule has 82 valence electrons. The van der Waals surface area contributed by atoms with Gasteiger partial charge in [-0.2, -0.15) is 0 Å². The van der Waals surface area contributed by atoms with Gasteiger partial charge >= 0.3 is 7.60 Å². The van der Waals surface area contributed by atoms with Crippen LogP contribution in [0.15, 0.2) is 12.7 Å². The highest BCUT2D eigenvalue weighted by molar-refractivity contribution is 7.51. The topological polar surface area (TPSA) is 86.6 Å². The number of hydrogen-bond acceptors (Lipinski definition) is 2. The highest BCUT2D eigenvalue weighted by Gasteiger charge is 2.23. The number of hydrogen-bond donors (Lipinski definition) is 3. The van der Waals surface area contributed by atoms with Crippen molar-refractivity contribution in [2.75, 3.05) is 6.16 Å². The van der Waals surface area contributed by atoms with E-state index >= 15 is 0 Å². The molecule has 14 heavy (non-hydrogen) atoms. The Morgan fingerprint density at radius 3 is 2.43 bits per heavy atom. The first-order valence-corrected chi connectivity index (χ1v) is 5.95. The predicted molar refractivity (Wildman–Crippen MR) is 53.9 cm³/mol. The molecule has 0 unspecified atom stereocenters. The minimum absolute atomic E-state index is 0.219. The smallest absolute Gasteiger partial charge is 0.325 e. The van der Waals surface area contributed by atoms with E-state index < -0.39 is 13.1 Å². The Kier molecular flexibility index (Phi) is 4.52. The van der Waals surface area contributed by atoms with E-state index in [1.165, 1.54) is 0 Å². The fourth-order valence-electron chi connectivity index (χ4n) is 0.872. The summed E-state index contributed by atoms with van der Waals surface area (Å²) in [6.07, 6.45) is 1.10. The van der Waals surface area contributed by atoms with Crippen molar-refractivity contribution >= 4 is 13.5 Å². The summed E-state index contributed by atoms with van der Waals surface area (Å²) < 4.78 is 10.6. The molecule has 0 radical (unpaired) electrons. The minimum Gasteiger partial charge on any atom is -0.348 e. The summed E-state index contributed by atoms with van der Waals surface area (Å²) in [5, 5.41) is 2.58. The minimum atomic E-state index is -3.99. The van der Waals surface area contributed by atoms with E-state index in [-0.39, 0.29) is 18.5 Å². The van der Waals surface area contributed by atoms with Crippen LogP contribution >= 0.6 is 7.60 Å². The molecule has 0 saturated carbocycles. The molecule has 5 nitrogen and oxygen atoms in total. The van der Waals surface area contributed by atoms with Crippen LogP contribution in [-0.2, 0) is 9.36 Å². The average molecular weight is 221 g/mol. The molecule has 0 aliphatic heterocycles. The van der Waals surface area contributed by atoms with Crippen molar-refractivity contribution in [3.8, 4) is 0 Å². The van der Waals surface area contributed by atoms with Crippen LogP contribution in [0.5, 0.6) is 0 Å². The SMILES string of the molecule is C=CC(=O)NC(C)(C)CCP(=O)(O)O. The monoisotopic (exact) mass is 221 g/mol. The van der Waals surface area contributed by atoms with Crippen LogP contribution in [0.3, 0.4) is 0 Å². The summed E-state index contributed by atoms with van der Waals surface area (Å²) in [7, 11) is -3.99. The van der Waals surface area contributed by atoms with Crippen LogP contribution in [-0.4, -0.2) is 27.4 Å². The summed E-state index contributed by atoms with van der Waals surface area (Å²) >= 11 is 0. The molecule has 0 aliphatic rings. The van der Waals surface area contributed by atoms with Gasteiger partial charge in [0.15, 0.2) is 0 Å². The van der Waals surface area contributed by atoms with Gasteiger partial charge in [-0.15, -0.1) is 0 Å². The zero-order valence-electron chi connectivity index (χ0n) is 8.36. The van der Waals surface area contributed by atoms with Gasteiger partial charge in [-0.1, -0.05) is 6.58 Å². The number of nitrogens with one attached hydrogen (secondary N) is 1.